The second-order valence-corrected chi connectivity index (χ2v) is 3.53. The number of amides is 1. The van der Waals surface area contributed by atoms with Crippen LogP contribution in [-0.2, 0) is 4.74 Å². The summed E-state index contributed by atoms with van der Waals surface area (Å²) in [6, 6.07) is 4.91. The molecule has 1 aromatic rings. The SMILES string of the molecule is COCCNC(=O)c1cc(Cl)ccc1OC. The van der Waals surface area contributed by atoms with E-state index in [1.165, 1.54) is 7.11 Å². The number of ether oxygens (including phenoxy) is 2. The summed E-state index contributed by atoms with van der Waals surface area (Å²) in [4.78, 5) is 11.7. The summed E-state index contributed by atoms with van der Waals surface area (Å²) >= 11 is 5.82. The highest BCUT2D eigenvalue weighted by Gasteiger charge is 2.11. The van der Waals surface area contributed by atoms with Crippen LogP contribution >= 0.6 is 11.6 Å². The first kappa shape index (κ1) is 12.8. The first-order chi connectivity index (χ1) is 7.69. The molecule has 0 spiro atoms. The molecule has 0 atom stereocenters. The Kier molecular flexibility index (Phi) is 5.08. The van der Waals surface area contributed by atoms with E-state index in [9.17, 15) is 4.79 Å². The molecule has 0 saturated heterocycles. The van der Waals surface area contributed by atoms with E-state index in [1.807, 2.05) is 0 Å². The third-order valence-corrected chi connectivity index (χ3v) is 2.23. The van der Waals surface area contributed by atoms with Crippen molar-refractivity contribution in [1.29, 1.82) is 0 Å². The third-order valence-electron chi connectivity index (χ3n) is 2.00. The fraction of sp³-hybridized carbons (Fsp3) is 0.364. The average Bonchev–Trinajstić information content (AvgIpc) is 2.29. The number of methoxy groups -OCH3 is 2. The van der Waals surface area contributed by atoms with Crippen LogP contribution in [0.5, 0.6) is 5.75 Å². The van der Waals surface area contributed by atoms with Crippen molar-refractivity contribution < 1.29 is 14.3 Å². The number of benzene rings is 1. The van der Waals surface area contributed by atoms with E-state index in [1.54, 1.807) is 25.3 Å². The van der Waals surface area contributed by atoms with Gasteiger partial charge in [-0.25, -0.2) is 0 Å². The Hall–Kier alpha value is -1.26. The van der Waals surface area contributed by atoms with Gasteiger partial charge in [0, 0.05) is 18.7 Å². The minimum Gasteiger partial charge on any atom is -0.496 e. The quantitative estimate of drug-likeness (QED) is 0.802. The maximum absolute atomic E-state index is 11.7. The first-order valence-corrected chi connectivity index (χ1v) is 5.17. The first-order valence-electron chi connectivity index (χ1n) is 4.79. The van der Waals surface area contributed by atoms with E-state index in [0.717, 1.165) is 0 Å². The highest BCUT2D eigenvalue weighted by Crippen LogP contribution is 2.22. The zero-order chi connectivity index (χ0) is 12.0. The van der Waals surface area contributed by atoms with Gasteiger partial charge >= 0.3 is 0 Å². The summed E-state index contributed by atoms with van der Waals surface area (Å²) in [5.74, 6) is 0.274. The van der Waals surface area contributed by atoms with Gasteiger partial charge in [0.15, 0.2) is 0 Å². The second-order valence-electron chi connectivity index (χ2n) is 3.09. The van der Waals surface area contributed by atoms with Crippen LogP contribution in [0.2, 0.25) is 5.02 Å². The molecule has 16 heavy (non-hydrogen) atoms. The van der Waals surface area contributed by atoms with Gasteiger partial charge in [0.25, 0.3) is 5.91 Å². The lowest BCUT2D eigenvalue weighted by molar-refractivity contribution is 0.0934. The maximum Gasteiger partial charge on any atom is 0.255 e. The number of carbonyl (C=O) groups excluding carboxylic acids is 1. The van der Waals surface area contributed by atoms with E-state index < -0.39 is 0 Å². The summed E-state index contributed by atoms with van der Waals surface area (Å²) in [6.07, 6.45) is 0. The predicted octanol–water partition coefficient (Wildman–Crippen LogP) is 1.72. The monoisotopic (exact) mass is 243 g/mol. The lowest BCUT2D eigenvalue weighted by Crippen LogP contribution is -2.27. The van der Waals surface area contributed by atoms with E-state index in [-0.39, 0.29) is 5.91 Å². The predicted molar refractivity (Wildman–Crippen MR) is 62.2 cm³/mol. The Labute approximate surface area is 99.5 Å². The number of nitrogens with one attached hydrogen (secondary N) is 1. The topological polar surface area (TPSA) is 47.6 Å². The van der Waals surface area contributed by atoms with Gasteiger partial charge in [-0.3, -0.25) is 4.79 Å². The zero-order valence-electron chi connectivity index (χ0n) is 9.25. The molecule has 5 heteroatoms. The van der Waals surface area contributed by atoms with Crippen LogP contribution in [0.1, 0.15) is 10.4 Å². The molecule has 0 radical (unpaired) electrons. The molecule has 0 fully saturated rings. The molecule has 1 amide bonds. The van der Waals surface area contributed by atoms with Crippen LogP contribution in [-0.4, -0.2) is 33.3 Å². The molecule has 0 saturated carbocycles. The van der Waals surface area contributed by atoms with Gasteiger partial charge in [-0.15, -0.1) is 0 Å². The molecule has 88 valence electrons. The molecule has 1 N–H and O–H groups in total. The molecule has 4 nitrogen and oxygen atoms in total. The lowest BCUT2D eigenvalue weighted by atomic mass is 10.2. The van der Waals surface area contributed by atoms with Crippen LogP contribution in [0.3, 0.4) is 0 Å². The second kappa shape index (κ2) is 6.35. The fourth-order valence-electron chi connectivity index (χ4n) is 1.22. The van der Waals surface area contributed by atoms with Crippen LogP contribution < -0.4 is 10.1 Å². The minimum absolute atomic E-state index is 0.226. The number of carbonyl (C=O) groups is 1. The zero-order valence-corrected chi connectivity index (χ0v) is 10.0. The number of hydrogen-bond acceptors (Lipinski definition) is 3. The van der Waals surface area contributed by atoms with Gasteiger partial charge in [0.05, 0.1) is 19.3 Å². The van der Waals surface area contributed by atoms with Crippen molar-refractivity contribution in [3.63, 3.8) is 0 Å². The summed E-state index contributed by atoms with van der Waals surface area (Å²) < 4.78 is 9.91. The molecule has 0 aliphatic rings. The largest absolute Gasteiger partial charge is 0.496 e. The van der Waals surface area contributed by atoms with Crippen LogP contribution in [0, 0.1) is 0 Å². The summed E-state index contributed by atoms with van der Waals surface area (Å²) in [6.45, 7) is 0.916. The lowest BCUT2D eigenvalue weighted by Gasteiger charge is -2.09. The summed E-state index contributed by atoms with van der Waals surface area (Å²) in [7, 11) is 3.08. The van der Waals surface area contributed by atoms with Gasteiger partial charge in [0.2, 0.25) is 0 Å². The van der Waals surface area contributed by atoms with Crippen molar-refractivity contribution in [1.82, 2.24) is 5.32 Å². The van der Waals surface area contributed by atoms with E-state index in [0.29, 0.717) is 29.5 Å². The van der Waals surface area contributed by atoms with Crippen LogP contribution in [0.25, 0.3) is 0 Å². The molecular formula is C11H14ClNO3. The highest BCUT2D eigenvalue weighted by molar-refractivity contribution is 6.31. The van der Waals surface area contributed by atoms with Crippen molar-refractivity contribution in [2.75, 3.05) is 27.4 Å². The van der Waals surface area contributed by atoms with Gasteiger partial charge in [-0.2, -0.15) is 0 Å². The Balaban J connectivity index is 2.76. The highest BCUT2D eigenvalue weighted by atomic mass is 35.5. The van der Waals surface area contributed by atoms with Gasteiger partial charge in [-0.05, 0) is 18.2 Å². The number of rotatable bonds is 5. The van der Waals surface area contributed by atoms with E-state index in [4.69, 9.17) is 21.1 Å². The van der Waals surface area contributed by atoms with Crippen molar-refractivity contribution >= 4 is 17.5 Å². The maximum atomic E-state index is 11.7. The van der Waals surface area contributed by atoms with Crippen molar-refractivity contribution in [3.8, 4) is 5.75 Å². The average molecular weight is 244 g/mol. The Morgan fingerprint density at radius 2 is 2.19 bits per heavy atom. The number of hydrogen-bond donors (Lipinski definition) is 1. The van der Waals surface area contributed by atoms with Crippen molar-refractivity contribution in [2.24, 2.45) is 0 Å². The van der Waals surface area contributed by atoms with Gasteiger partial charge in [-0.1, -0.05) is 11.6 Å². The molecule has 0 heterocycles. The Bertz CT molecular complexity index is 368. The molecule has 0 unspecified atom stereocenters. The summed E-state index contributed by atoms with van der Waals surface area (Å²) in [5.41, 5.74) is 0.422. The Morgan fingerprint density at radius 1 is 1.44 bits per heavy atom. The molecule has 0 bridgehead atoms. The Morgan fingerprint density at radius 3 is 2.81 bits per heavy atom. The molecule has 0 aliphatic heterocycles. The minimum atomic E-state index is -0.226. The van der Waals surface area contributed by atoms with Gasteiger partial charge < -0.3 is 14.8 Å². The van der Waals surface area contributed by atoms with Crippen LogP contribution in [0.4, 0.5) is 0 Å². The normalized spacial score (nSPS) is 9.94. The van der Waals surface area contributed by atoms with Crippen molar-refractivity contribution in [3.05, 3.63) is 28.8 Å². The third kappa shape index (κ3) is 3.40. The van der Waals surface area contributed by atoms with Crippen molar-refractivity contribution in [2.45, 2.75) is 0 Å². The van der Waals surface area contributed by atoms with Crippen LogP contribution in [0.15, 0.2) is 18.2 Å². The molecule has 0 aliphatic carbocycles. The standard InChI is InChI=1S/C11H14ClNO3/c1-15-6-5-13-11(14)9-7-8(12)3-4-10(9)16-2/h3-4,7H,5-6H2,1-2H3,(H,13,14). The molecule has 0 aromatic heterocycles. The summed E-state index contributed by atoms with van der Waals surface area (Å²) in [5, 5.41) is 3.20. The molecule has 1 aromatic carbocycles. The molecule has 1 rings (SSSR count). The van der Waals surface area contributed by atoms with E-state index >= 15 is 0 Å². The number of halogens is 1. The van der Waals surface area contributed by atoms with Gasteiger partial charge in [0.1, 0.15) is 5.75 Å². The van der Waals surface area contributed by atoms with E-state index in [2.05, 4.69) is 5.32 Å². The molecular weight excluding hydrogens is 230 g/mol. The smallest absolute Gasteiger partial charge is 0.255 e. The fourth-order valence-corrected chi connectivity index (χ4v) is 1.39.